The Bertz CT molecular complexity index is 240. The van der Waals surface area contributed by atoms with Crippen LogP contribution in [0.5, 0.6) is 0 Å². The topological polar surface area (TPSA) is 59.4 Å². The molecule has 1 heterocycles. The Kier molecular flexibility index (Phi) is 2.02. The van der Waals surface area contributed by atoms with Crippen LogP contribution >= 0.6 is 0 Å². The molecule has 0 fully saturated rings. The second kappa shape index (κ2) is 2.68. The number of hydrogen-bond acceptors (Lipinski definition) is 3. The molecule has 1 unspecified atom stereocenters. The maximum Gasteiger partial charge on any atom is 0.106 e. The first kappa shape index (κ1) is 8.30. The molecule has 1 rings (SSSR count). The molecule has 0 amide bonds. The van der Waals surface area contributed by atoms with Gasteiger partial charge in [0.25, 0.3) is 0 Å². The van der Waals surface area contributed by atoms with Crippen molar-refractivity contribution >= 4 is 0 Å². The quantitative estimate of drug-likeness (QED) is 0.662. The van der Waals surface area contributed by atoms with Crippen LogP contribution in [0.1, 0.15) is 18.2 Å². The Labute approximate surface area is 65.8 Å². The maximum absolute atomic E-state index is 9.68. The zero-order valence-electron chi connectivity index (χ0n) is 6.79. The minimum atomic E-state index is -0.961. The van der Waals surface area contributed by atoms with Crippen LogP contribution < -0.4 is 5.73 Å². The molecule has 0 saturated carbocycles. The number of furan rings is 1. The summed E-state index contributed by atoms with van der Waals surface area (Å²) in [5.41, 5.74) is 5.18. The molecule has 1 aromatic heterocycles. The molecule has 3 nitrogen and oxygen atoms in total. The molecule has 1 atom stereocenters. The van der Waals surface area contributed by atoms with Crippen molar-refractivity contribution in [1.82, 2.24) is 0 Å². The van der Waals surface area contributed by atoms with E-state index in [1.165, 1.54) is 0 Å². The zero-order valence-corrected chi connectivity index (χ0v) is 6.79. The Hall–Kier alpha value is -0.800. The van der Waals surface area contributed by atoms with Crippen LogP contribution in [-0.4, -0.2) is 11.7 Å². The van der Waals surface area contributed by atoms with Crippen LogP contribution in [-0.2, 0) is 5.60 Å². The zero-order chi connectivity index (χ0) is 8.48. The molecule has 3 heteroatoms. The average molecular weight is 155 g/mol. The molecule has 1 aromatic rings. The van der Waals surface area contributed by atoms with Gasteiger partial charge in [-0.15, -0.1) is 0 Å². The van der Waals surface area contributed by atoms with Gasteiger partial charge in [-0.1, -0.05) is 0 Å². The molecule has 0 aliphatic carbocycles. The van der Waals surface area contributed by atoms with E-state index in [1.54, 1.807) is 26.2 Å². The van der Waals surface area contributed by atoms with Crippen LogP contribution in [0.4, 0.5) is 0 Å². The van der Waals surface area contributed by atoms with Gasteiger partial charge >= 0.3 is 0 Å². The lowest BCUT2D eigenvalue weighted by Crippen LogP contribution is -2.31. The van der Waals surface area contributed by atoms with Gasteiger partial charge < -0.3 is 15.3 Å². The van der Waals surface area contributed by atoms with E-state index >= 15 is 0 Å². The van der Waals surface area contributed by atoms with Crippen molar-refractivity contribution in [2.75, 3.05) is 6.54 Å². The van der Waals surface area contributed by atoms with Gasteiger partial charge in [0.05, 0.1) is 6.26 Å². The van der Waals surface area contributed by atoms with Crippen molar-refractivity contribution in [2.24, 2.45) is 5.73 Å². The Morgan fingerprint density at radius 2 is 2.36 bits per heavy atom. The van der Waals surface area contributed by atoms with Crippen LogP contribution in [0.25, 0.3) is 0 Å². The summed E-state index contributed by atoms with van der Waals surface area (Å²) in [6, 6.07) is 1.74. The molecular formula is C8H13NO2. The van der Waals surface area contributed by atoms with Gasteiger partial charge in [0.2, 0.25) is 0 Å². The standard InChI is InChI=1S/C8H13NO2/c1-6-7(3-4-11-6)8(2,10)5-9/h3-4,10H,5,9H2,1-2H3. The summed E-state index contributed by atoms with van der Waals surface area (Å²) in [5.74, 6) is 0.723. The summed E-state index contributed by atoms with van der Waals surface area (Å²) in [6.07, 6.45) is 1.55. The third-order valence-electron chi connectivity index (χ3n) is 1.84. The van der Waals surface area contributed by atoms with Gasteiger partial charge in [0.15, 0.2) is 0 Å². The van der Waals surface area contributed by atoms with E-state index in [2.05, 4.69) is 0 Å². The third kappa shape index (κ3) is 1.44. The van der Waals surface area contributed by atoms with E-state index in [-0.39, 0.29) is 6.54 Å². The monoisotopic (exact) mass is 155 g/mol. The predicted octanol–water partition coefficient (Wildman–Crippen LogP) is 0.754. The van der Waals surface area contributed by atoms with Gasteiger partial charge in [-0.25, -0.2) is 0 Å². The first-order valence-electron chi connectivity index (χ1n) is 3.55. The molecule has 0 spiro atoms. The molecule has 0 aliphatic heterocycles. The van der Waals surface area contributed by atoms with Crippen molar-refractivity contribution in [1.29, 1.82) is 0 Å². The minimum Gasteiger partial charge on any atom is -0.469 e. The minimum absolute atomic E-state index is 0.202. The smallest absolute Gasteiger partial charge is 0.106 e. The molecule has 0 saturated heterocycles. The lowest BCUT2D eigenvalue weighted by molar-refractivity contribution is 0.0653. The van der Waals surface area contributed by atoms with Crippen molar-refractivity contribution in [3.63, 3.8) is 0 Å². The Morgan fingerprint density at radius 3 is 2.73 bits per heavy atom. The van der Waals surface area contributed by atoms with Gasteiger partial charge in [-0.05, 0) is 19.9 Å². The highest BCUT2D eigenvalue weighted by molar-refractivity contribution is 5.23. The number of aryl methyl sites for hydroxylation is 1. The van der Waals surface area contributed by atoms with Gasteiger partial charge in [-0.2, -0.15) is 0 Å². The van der Waals surface area contributed by atoms with Crippen molar-refractivity contribution in [3.05, 3.63) is 23.7 Å². The first-order valence-corrected chi connectivity index (χ1v) is 3.55. The van der Waals surface area contributed by atoms with Crippen LogP contribution in [0.15, 0.2) is 16.7 Å². The lowest BCUT2D eigenvalue weighted by atomic mass is 9.97. The predicted molar refractivity (Wildman–Crippen MR) is 42.1 cm³/mol. The van der Waals surface area contributed by atoms with E-state index in [4.69, 9.17) is 10.2 Å². The highest BCUT2D eigenvalue weighted by atomic mass is 16.3. The molecule has 11 heavy (non-hydrogen) atoms. The second-order valence-electron chi connectivity index (χ2n) is 2.87. The molecule has 0 radical (unpaired) electrons. The largest absolute Gasteiger partial charge is 0.469 e. The molecule has 3 N–H and O–H groups in total. The van der Waals surface area contributed by atoms with E-state index in [0.29, 0.717) is 0 Å². The third-order valence-corrected chi connectivity index (χ3v) is 1.84. The van der Waals surface area contributed by atoms with E-state index in [1.807, 2.05) is 0 Å². The van der Waals surface area contributed by atoms with E-state index in [0.717, 1.165) is 11.3 Å². The Balaban J connectivity index is 3.00. The van der Waals surface area contributed by atoms with E-state index < -0.39 is 5.60 Å². The fourth-order valence-electron chi connectivity index (χ4n) is 1.05. The fraction of sp³-hybridized carbons (Fsp3) is 0.500. The molecule has 0 bridgehead atoms. The summed E-state index contributed by atoms with van der Waals surface area (Å²) in [5, 5.41) is 9.68. The van der Waals surface area contributed by atoms with Crippen LogP contribution in [0.3, 0.4) is 0 Å². The number of aliphatic hydroxyl groups is 1. The first-order chi connectivity index (χ1) is 5.08. The summed E-state index contributed by atoms with van der Waals surface area (Å²) >= 11 is 0. The molecule has 0 aromatic carbocycles. The van der Waals surface area contributed by atoms with Gasteiger partial charge in [0, 0.05) is 12.1 Å². The fourth-order valence-corrected chi connectivity index (χ4v) is 1.05. The van der Waals surface area contributed by atoms with Crippen LogP contribution in [0, 0.1) is 6.92 Å². The second-order valence-corrected chi connectivity index (χ2v) is 2.87. The van der Waals surface area contributed by atoms with E-state index in [9.17, 15) is 5.11 Å². The molecule has 62 valence electrons. The summed E-state index contributed by atoms with van der Waals surface area (Å²) in [4.78, 5) is 0. The van der Waals surface area contributed by atoms with Gasteiger partial charge in [0.1, 0.15) is 11.4 Å². The van der Waals surface area contributed by atoms with Crippen molar-refractivity contribution < 1.29 is 9.52 Å². The highest BCUT2D eigenvalue weighted by Crippen LogP contribution is 2.23. The van der Waals surface area contributed by atoms with Crippen molar-refractivity contribution in [2.45, 2.75) is 19.4 Å². The average Bonchev–Trinajstić information content (AvgIpc) is 2.36. The van der Waals surface area contributed by atoms with Gasteiger partial charge in [-0.3, -0.25) is 0 Å². The number of nitrogens with two attached hydrogens (primary N) is 1. The lowest BCUT2D eigenvalue weighted by Gasteiger charge is -2.19. The summed E-state index contributed by atoms with van der Waals surface area (Å²) in [7, 11) is 0. The normalized spacial score (nSPS) is 16.4. The van der Waals surface area contributed by atoms with Crippen LogP contribution in [0.2, 0.25) is 0 Å². The number of rotatable bonds is 2. The SMILES string of the molecule is Cc1occc1C(C)(O)CN. The summed E-state index contributed by atoms with van der Waals surface area (Å²) in [6.45, 7) is 3.68. The maximum atomic E-state index is 9.68. The summed E-state index contributed by atoms with van der Waals surface area (Å²) < 4.78 is 5.04. The molecule has 0 aliphatic rings. The Morgan fingerprint density at radius 1 is 1.73 bits per heavy atom. The number of hydrogen-bond donors (Lipinski definition) is 2. The highest BCUT2D eigenvalue weighted by Gasteiger charge is 2.24. The molecular weight excluding hydrogens is 142 g/mol. The van der Waals surface area contributed by atoms with Crippen molar-refractivity contribution in [3.8, 4) is 0 Å².